The Bertz CT molecular complexity index is 1120. The van der Waals surface area contributed by atoms with Crippen molar-refractivity contribution in [1.29, 1.82) is 0 Å². The first-order valence-corrected chi connectivity index (χ1v) is 9.71. The number of hydrogen-bond acceptors (Lipinski definition) is 5. The minimum Gasteiger partial charge on any atom is -0.383 e. The Morgan fingerprint density at radius 3 is 2.42 bits per heavy atom. The van der Waals surface area contributed by atoms with E-state index in [1.54, 1.807) is 6.92 Å². The average Bonchev–Trinajstić information content (AvgIpc) is 2.68. The topological polar surface area (TPSA) is 123 Å². The number of rotatable bonds is 8. The first kappa shape index (κ1) is 24.0. The van der Waals surface area contributed by atoms with E-state index in [0.717, 1.165) is 15.5 Å². The summed E-state index contributed by atoms with van der Waals surface area (Å²) in [6, 6.07) is 1.34. The van der Waals surface area contributed by atoms with E-state index in [4.69, 9.17) is 5.73 Å². The number of halogens is 3. The number of carbonyl (C=O) groups is 1. The number of amides is 1. The fourth-order valence-corrected chi connectivity index (χ4v) is 3.01. The van der Waals surface area contributed by atoms with Crippen LogP contribution in [0.1, 0.15) is 38.7 Å². The lowest BCUT2D eigenvalue weighted by Gasteiger charge is -2.25. The second kappa shape index (κ2) is 9.67. The van der Waals surface area contributed by atoms with Gasteiger partial charge in [-0.25, -0.2) is 4.79 Å². The van der Waals surface area contributed by atoms with Crippen molar-refractivity contribution in [2.24, 2.45) is 0 Å². The van der Waals surface area contributed by atoms with Gasteiger partial charge >= 0.3 is 11.9 Å². The highest BCUT2D eigenvalue weighted by Crippen LogP contribution is 2.28. The van der Waals surface area contributed by atoms with Crippen molar-refractivity contribution in [2.75, 3.05) is 17.2 Å². The Morgan fingerprint density at radius 1 is 1.16 bits per heavy atom. The van der Waals surface area contributed by atoms with Crippen LogP contribution in [-0.2, 0) is 24.1 Å². The molecular formula is C19H24F3N5O4. The third-order valence-corrected chi connectivity index (χ3v) is 4.58. The molecule has 0 bridgehead atoms. The van der Waals surface area contributed by atoms with Gasteiger partial charge in [0.1, 0.15) is 12.4 Å². The van der Waals surface area contributed by atoms with Crippen LogP contribution in [0.4, 0.5) is 24.7 Å². The molecule has 2 heterocycles. The molecule has 2 aromatic heterocycles. The number of nitrogens with zero attached hydrogens (tertiary/aromatic N) is 3. The molecule has 0 saturated carbocycles. The molecule has 31 heavy (non-hydrogen) atoms. The molecule has 1 amide bonds. The predicted molar refractivity (Wildman–Crippen MR) is 109 cm³/mol. The molecule has 2 aromatic rings. The number of carbonyl (C=O) groups excluding carboxylic acids is 1. The molecule has 0 aliphatic carbocycles. The Hall–Kier alpha value is -3.31. The van der Waals surface area contributed by atoms with Crippen LogP contribution in [0.15, 0.2) is 32.7 Å². The molecule has 170 valence electrons. The standard InChI is InChI=1S/C19H24F3N5O4/c1-3-5-9-26(15-16(23)27(8-4-2)18(31)24-17(15)30)14(29)11-25-10-12(19(20,21)22)6-7-13(25)28/h6-7,10H,3-5,8-9,11,23H2,1-2H3,(H,24,30,31). The van der Waals surface area contributed by atoms with Gasteiger partial charge in [-0.05, 0) is 18.9 Å². The third-order valence-electron chi connectivity index (χ3n) is 4.58. The lowest BCUT2D eigenvalue weighted by atomic mass is 10.2. The summed E-state index contributed by atoms with van der Waals surface area (Å²) >= 11 is 0. The average molecular weight is 443 g/mol. The fourth-order valence-electron chi connectivity index (χ4n) is 3.01. The van der Waals surface area contributed by atoms with Gasteiger partial charge in [0, 0.05) is 25.4 Å². The van der Waals surface area contributed by atoms with Crippen molar-refractivity contribution in [1.82, 2.24) is 14.1 Å². The summed E-state index contributed by atoms with van der Waals surface area (Å²) in [5.74, 6) is -1.04. The number of unbranched alkanes of at least 4 members (excludes halogenated alkanes) is 1. The van der Waals surface area contributed by atoms with Gasteiger partial charge < -0.3 is 15.2 Å². The van der Waals surface area contributed by atoms with Crippen molar-refractivity contribution in [3.8, 4) is 0 Å². The molecule has 0 aliphatic rings. The number of anilines is 2. The van der Waals surface area contributed by atoms with Crippen LogP contribution in [0.5, 0.6) is 0 Å². The maximum absolute atomic E-state index is 13.0. The highest BCUT2D eigenvalue weighted by Gasteiger charge is 2.31. The van der Waals surface area contributed by atoms with Gasteiger partial charge in [0.25, 0.3) is 11.1 Å². The SMILES string of the molecule is CCCCN(C(=O)Cn1cc(C(F)(F)F)ccc1=O)c1c(N)n(CCC)c(=O)[nH]c1=O. The summed E-state index contributed by atoms with van der Waals surface area (Å²) < 4.78 is 40.7. The summed E-state index contributed by atoms with van der Waals surface area (Å²) in [5, 5.41) is 0. The molecule has 0 fully saturated rings. The van der Waals surface area contributed by atoms with Crippen LogP contribution in [0.25, 0.3) is 0 Å². The third kappa shape index (κ3) is 5.44. The van der Waals surface area contributed by atoms with Crippen molar-refractivity contribution in [2.45, 2.75) is 52.4 Å². The van der Waals surface area contributed by atoms with E-state index in [0.29, 0.717) is 36.1 Å². The van der Waals surface area contributed by atoms with Crippen molar-refractivity contribution >= 4 is 17.4 Å². The molecule has 9 nitrogen and oxygen atoms in total. The smallest absolute Gasteiger partial charge is 0.383 e. The molecule has 2 rings (SSSR count). The predicted octanol–water partition coefficient (Wildman–Crippen LogP) is 1.54. The molecule has 0 spiro atoms. The second-order valence-corrected chi connectivity index (χ2v) is 6.93. The van der Waals surface area contributed by atoms with Crippen molar-refractivity contribution in [3.63, 3.8) is 0 Å². The summed E-state index contributed by atoms with van der Waals surface area (Å²) in [5.41, 5.74) is 2.22. The fraction of sp³-hybridized carbons (Fsp3) is 0.474. The van der Waals surface area contributed by atoms with Gasteiger partial charge in [0.15, 0.2) is 5.69 Å². The number of nitrogen functional groups attached to an aromatic ring is 1. The maximum atomic E-state index is 13.0. The monoisotopic (exact) mass is 443 g/mol. The second-order valence-electron chi connectivity index (χ2n) is 6.93. The van der Waals surface area contributed by atoms with E-state index in [1.807, 2.05) is 6.92 Å². The molecule has 0 radical (unpaired) electrons. The molecule has 0 aromatic carbocycles. The van der Waals surface area contributed by atoms with Crippen molar-refractivity contribution < 1.29 is 18.0 Å². The van der Waals surface area contributed by atoms with Crippen LogP contribution >= 0.6 is 0 Å². The van der Waals surface area contributed by atoms with Crippen LogP contribution < -0.4 is 27.4 Å². The largest absolute Gasteiger partial charge is 0.417 e. The Kier molecular flexibility index (Phi) is 7.47. The van der Waals surface area contributed by atoms with Gasteiger partial charge in [0.2, 0.25) is 5.91 Å². The highest BCUT2D eigenvalue weighted by atomic mass is 19.4. The first-order chi connectivity index (χ1) is 14.5. The summed E-state index contributed by atoms with van der Waals surface area (Å²) in [4.78, 5) is 52.6. The Labute approximate surface area is 174 Å². The van der Waals surface area contributed by atoms with E-state index in [-0.39, 0.29) is 24.6 Å². The Balaban J connectivity index is 2.53. The number of alkyl halides is 3. The molecule has 12 heteroatoms. The number of aromatic nitrogens is 3. The molecule has 0 atom stereocenters. The molecule has 0 saturated heterocycles. The van der Waals surface area contributed by atoms with Gasteiger partial charge in [-0.3, -0.25) is 23.9 Å². The lowest BCUT2D eigenvalue weighted by Crippen LogP contribution is -2.43. The summed E-state index contributed by atoms with van der Waals surface area (Å²) in [7, 11) is 0. The number of pyridine rings is 1. The quantitative estimate of drug-likeness (QED) is 0.641. The minimum atomic E-state index is -4.70. The van der Waals surface area contributed by atoms with Gasteiger partial charge in [-0.15, -0.1) is 0 Å². The first-order valence-electron chi connectivity index (χ1n) is 9.71. The van der Waals surface area contributed by atoms with Crippen molar-refractivity contribution in [3.05, 3.63) is 55.1 Å². The molecule has 0 aliphatic heterocycles. The number of aromatic amines is 1. The zero-order valence-electron chi connectivity index (χ0n) is 17.2. The van der Waals surface area contributed by atoms with E-state index in [2.05, 4.69) is 4.98 Å². The summed E-state index contributed by atoms with van der Waals surface area (Å²) in [6.07, 6.45) is -2.53. The molecule has 0 unspecified atom stereocenters. The Morgan fingerprint density at radius 2 is 1.84 bits per heavy atom. The van der Waals surface area contributed by atoms with Gasteiger partial charge in [0.05, 0.1) is 5.56 Å². The number of nitrogens with one attached hydrogen (secondary N) is 1. The number of H-pyrrole nitrogens is 1. The molecular weight excluding hydrogens is 419 g/mol. The van der Waals surface area contributed by atoms with E-state index in [9.17, 15) is 32.3 Å². The van der Waals surface area contributed by atoms with Gasteiger partial charge in [-0.1, -0.05) is 20.3 Å². The number of nitrogens with two attached hydrogens (primary N) is 1. The zero-order chi connectivity index (χ0) is 23.3. The van der Waals surface area contributed by atoms with Crippen LogP contribution in [0.2, 0.25) is 0 Å². The number of hydrogen-bond donors (Lipinski definition) is 2. The van der Waals surface area contributed by atoms with E-state index >= 15 is 0 Å². The zero-order valence-corrected chi connectivity index (χ0v) is 17.2. The summed E-state index contributed by atoms with van der Waals surface area (Å²) in [6.45, 7) is 3.11. The van der Waals surface area contributed by atoms with E-state index in [1.165, 1.54) is 0 Å². The van der Waals surface area contributed by atoms with Crippen LogP contribution in [-0.4, -0.2) is 26.6 Å². The normalized spacial score (nSPS) is 11.5. The van der Waals surface area contributed by atoms with E-state index < -0.39 is 41.0 Å². The highest BCUT2D eigenvalue weighted by molar-refractivity contribution is 5.95. The van der Waals surface area contributed by atoms with Crippen LogP contribution in [0.3, 0.4) is 0 Å². The van der Waals surface area contributed by atoms with Gasteiger partial charge in [-0.2, -0.15) is 13.2 Å². The molecule has 3 N–H and O–H groups in total. The maximum Gasteiger partial charge on any atom is 0.417 e. The minimum absolute atomic E-state index is 0.0284. The van der Waals surface area contributed by atoms with Crippen LogP contribution in [0, 0.1) is 0 Å². The lowest BCUT2D eigenvalue weighted by molar-refractivity contribution is -0.138.